The van der Waals surface area contributed by atoms with Crippen molar-refractivity contribution in [3.05, 3.63) is 71.8 Å². The first-order chi connectivity index (χ1) is 14.4. The summed E-state index contributed by atoms with van der Waals surface area (Å²) >= 11 is 0. The van der Waals surface area contributed by atoms with Gasteiger partial charge < -0.3 is 9.47 Å². The number of nitrogens with zero attached hydrogens (tertiary/aromatic N) is 2. The highest BCUT2D eigenvalue weighted by Crippen LogP contribution is 2.49. The van der Waals surface area contributed by atoms with E-state index in [-0.39, 0.29) is 6.54 Å². The average molecular weight is 430 g/mol. The number of hydrogen-bond donors (Lipinski definition) is 0. The maximum atomic E-state index is 13.3. The topological polar surface area (TPSA) is 93.2 Å². The van der Waals surface area contributed by atoms with Crippen molar-refractivity contribution < 1.29 is 27.5 Å². The molecule has 8 nitrogen and oxygen atoms in total. The number of benzene rings is 2. The predicted molar refractivity (Wildman–Crippen MR) is 108 cm³/mol. The minimum atomic E-state index is -4.28. The molecule has 2 atom stereocenters. The van der Waals surface area contributed by atoms with Gasteiger partial charge in [0.25, 0.3) is 0 Å². The molecule has 2 aliphatic heterocycles. The van der Waals surface area contributed by atoms with Crippen molar-refractivity contribution in [2.45, 2.75) is 23.9 Å². The molecule has 2 saturated heterocycles. The van der Waals surface area contributed by atoms with Crippen LogP contribution in [-0.2, 0) is 29.9 Å². The van der Waals surface area contributed by atoms with Crippen molar-refractivity contribution >= 4 is 22.3 Å². The quantitative estimate of drug-likeness (QED) is 0.691. The summed E-state index contributed by atoms with van der Waals surface area (Å²) in [5.41, 5.74) is 1.21. The highest BCUT2D eigenvalue weighted by molar-refractivity contribution is 7.87. The molecule has 0 bridgehead atoms. The van der Waals surface area contributed by atoms with Crippen LogP contribution in [0.4, 0.5) is 4.79 Å². The minimum absolute atomic E-state index is 0.0923. The zero-order valence-corrected chi connectivity index (χ0v) is 17.4. The lowest BCUT2D eigenvalue weighted by molar-refractivity contribution is -0.145. The molecular weight excluding hydrogens is 408 g/mol. The van der Waals surface area contributed by atoms with Crippen LogP contribution in [0.5, 0.6) is 0 Å². The Morgan fingerprint density at radius 3 is 1.93 bits per heavy atom. The van der Waals surface area contributed by atoms with Gasteiger partial charge in [0.05, 0.1) is 20.3 Å². The summed E-state index contributed by atoms with van der Waals surface area (Å²) in [6.07, 6.45) is -0.794. The van der Waals surface area contributed by atoms with Crippen LogP contribution in [0.2, 0.25) is 0 Å². The van der Waals surface area contributed by atoms with Gasteiger partial charge in [-0.1, -0.05) is 60.7 Å². The SMILES string of the molecule is COC(=O)[C@@H]1[C@H]2CC(c3ccccc3)(c3ccccc3)CN2S(=O)(=O)N1C(=O)OC. The van der Waals surface area contributed by atoms with Gasteiger partial charge in [-0.2, -0.15) is 17.0 Å². The second-order valence-corrected chi connectivity index (χ2v) is 9.13. The van der Waals surface area contributed by atoms with Gasteiger partial charge in [-0.15, -0.1) is 0 Å². The van der Waals surface area contributed by atoms with Gasteiger partial charge in [0, 0.05) is 12.0 Å². The van der Waals surface area contributed by atoms with E-state index in [1.807, 2.05) is 60.7 Å². The maximum Gasteiger partial charge on any atom is 0.425 e. The number of amides is 1. The Hall–Kier alpha value is -2.91. The van der Waals surface area contributed by atoms with Gasteiger partial charge in [-0.3, -0.25) is 0 Å². The first-order valence-corrected chi connectivity index (χ1v) is 10.8. The van der Waals surface area contributed by atoms with Gasteiger partial charge in [-0.25, -0.2) is 9.59 Å². The van der Waals surface area contributed by atoms with Crippen LogP contribution in [0.15, 0.2) is 60.7 Å². The van der Waals surface area contributed by atoms with E-state index in [4.69, 9.17) is 4.74 Å². The molecule has 2 aromatic carbocycles. The molecule has 30 heavy (non-hydrogen) atoms. The Kier molecular flexibility index (Phi) is 5.03. The normalized spacial score (nSPS) is 24.3. The summed E-state index contributed by atoms with van der Waals surface area (Å²) in [7, 11) is -2.03. The number of ether oxygens (including phenoxy) is 2. The third-order valence-corrected chi connectivity index (χ3v) is 7.83. The summed E-state index contributed by atoms with van der Waals surface area (Å²) in [6, 6.07) is 17.1. The number of esters is 1. The lowest BCUT2D eigenvalue weighted by Gasteiger charge is -2.32. The predicted octanol–water partition coefficient (Wildman–Crippen LogP) is 1.92. The first kappa shape index (κ1) is 20.4. The number of carbonyl (C=O) groups excluding carboxylic acids is 2. The summed E-state index contributed by atoms with van der Waals surface area (Å²) in [5, 5.41) is 0. The Labute approximate surface area is 175 Å². The standard InChI is InChI=1S/C21H22N2O6S/c1-28-19(24)18-17-13-21(15-9-5-3-6-10-15,16-11-7-4-8-12-16)14-22(17)30(26,27)23(18)20(25)29-2/h3-12,17-18H,13-14H2,1-2H3/t17-,18+/m1/s1. The van der Waals surface area contributed by atoms with E-state index in [1.54, 1.807) is 0 Å². The van der Waals surface area contributed by atoms with Gasteiger partial charge in [-0.05, 0) is 17.5 Å². The zero-order chi connectivity index (χ0) is 21.5. The maximum absolute atomic E-state index is 13.3. The Morgan fingerprint density at radius 2 is 1.47 bits per heavy atom. The zero-order valence-electron chi connectivity index (χ0n) is 16.6. The molecule has 0 aromatic heterocycles. The van der Waals surface area contributed by atoms with Crippen molar-refractivity contribution in [1.29, 1.82) is 0 Å². The summed E-state index contributed by atoms with van der Waals surface area (Å²) < 4.78 is 37.8. The molecule has 0 aliphatic carbocycles. The van der Waals surface area contributed by atoms with E-state index in [2.05, 4.69) is 4.74 Å². The number of methoxy groups -OCH3 is 2. The van der Waals surface area contributed by atoms with E-state index < -0.39 is 39.8 Å². The van der Waals surface area contributed by atoms with Crippen molar-refractivity contribution in [1.82, 2.24) is 8.61 Å². The van der Waals surface area contributed by atoms with Crippen LogP contribution in [0.3, 0.4) is 0 Å². The van der Waals surface area contributed by atoms with E-state index >= 15 is 0 Å². The lowest BCUT2D eigenvalue weighted by atomic mass is 9.72. The fraction of sp³-hybridized carbons (Fsp3) is 0.333. The highest BCUT2D eigenvalue weighted by atomic mass is 32.2. The number of rotatable bonds is 3. The molecule has 2 aromatic rings. The third-order valence-electron chi connectivity index (χ3n) is 5.97. The van der Waals surface area contributed by atoms with Crippen molar-refractivity contribution in [2.24, 2.45) is 0 Å². The van der Waals surface area contributed by atoms with Crippen LogP contribution < -0.4 is 0 Å². The smallest absolute Gasteiger partial charge is 0.425 e. The van der Waals surface area contributed by atoms with Crippen molar-refractivity contribution in [3.63, 3.8) is 0 Å². The van der Waals surface area contributed by atoms with Gasteiger partial charge >= 0.3 is 22.3 Å². The highest BCUT2D eigenvalue weighted by Gasteiger charge is 2.64. The number of hydrogen-bond acceptors (Lipinski definition) is 6. The molecule has 2 aliphatic rings. The molecule has 2 heterocycles. The van der Waals surface area contributed by atoms with Crippen LogP contribution in [0.1, 0.15) is 17.5 Å². The molecule has 158 valence electrons. The van der Waals surface area contributed by atoms with Gasteiger partial charge in [0.15, 0.2) is 6.04 Å². The minimum Gasteiger partial charge on any atom is -0.467 e. The van der Waals surface area contributed by atoms with E-state index in [0.29, 0.717) is 10.7 Å². The van der Waals surface area contributed by atoms with E-state index in [0.717, 1.165) is 18.2 Å². The summed E-state index contributed by atoms with van der Waals surface area (Å²) in [4.78, 5) is 24.9. The fourth-order valence-electron chi connectivity index (χ4n) is 4.61. The first-order valence-electron chi connectivity index (χ1n) is 9.45. The van der Waals surface area contributed by atoms with Gasteiger partial charge in [0.1, 0.15) is 0 Å². The third kappa shape index (κ3) is 2.88. The Bertz CT molecular complexity index is 1020. The fourth-order valence-corrected chi connectivity index (χ4v) is 6.53. The summed E-state index contributed by atoms with van der Waals surface area (Å²) in [5.74, 6) is -0.798. The molecule has 1 amide bonds. The van der Waals surface area contributed by atoms with E-state index in [9.17, 15) is 18.0 Å². The monoisotopic (exact) mass is 430 g/mol. The second kappa shape index (κ2) is 7.41. The molecule has 9 heteroatoms. The van der Waals surface area contributed by atoms with Crippen LogP contribution in [0, 0.1) is 0 Å². The lowest BCUT2D eigenvalue weighted by Crippen LogP contribution is -2.48. The molecule has 2 fully saturated rings. The molecule has 0 unspecified atom stereocenters. The summed E-state index contributed by atoms with van der Waals surface area (Å²) in [6.45, 7) is 0.0923. The molecule has 0 saturated carbocycles. The van der Waals surface area contributed by atoms with Crippen molar-refractivity contribution in [2.75, 3.05) is 20.8 Å². The van der Waals surface area contributed by atoms with Crippen molar-refractivity contribution in [3.8, 4) is 0 Å². The Morgan fingerprint density at radius 1 is 0.933 bits per heavy atom. The van der Waals surface area contributed by atoms with E-state index in [1.165, 1.54) is 11.4 Å². The number of carbonyl (C=O) groups is 2. The second-order valence-electron chi connectivity index (χ2n) is 7.37. The molecule has 0 spiro atoms. The molecule has 0 radical (unpaired) electrons. The van der Waals surface area contributed by atoms with Crippen LogP contribution in [0.25, 0.3) is 0 Å². The van der Waals surface area contributed by atoms with Crippen LogP contribution >= 0.6 is 0 Å². The molecule has 4 rings (SSSR count). The van der Waals surface area contributed by atoms with Gasteiger partial charge in [0.2, 0.25) is 0 Å². The largest absolute Gasteiger partial charge is 0.467 e. The molecule has 0 N–H and O–H groups in total. The average Bonchev–Trinajstić information content (AvgIpc) is 3.28. The van der Waals surface area contributed by atoms with Crippen LogP contribution in [-0.4, -0.2) is 61.9 Å². The number of fused-ring (bicyclic) bond motifs is 1. The Balaban J connectivity index is 1.88. The molecular formula is C21H22N2O6S.